The predicted octanol–water partition coefficient (Wildman–Crippen LogP) is 5.35. The van der Waals surface area contributed by atoms with Crippen LogP contribution < -0.4 is 0 Å². The molecule has 6 heteroatoms. The molecule has 0 bridgehead atoms. The number of rotatable bonds is 4. The fourth-order valence-electron chi connectivity index (χ4n) is 4.53. The maximum Gasteiger partial charge on any atom is 0.272 e. The van der Waals surface area contributed by atoms with Gasteiger partial charge in [-0.05, 0) is 42.3 Å². The van der Waals surface area contributed by atoms with Crippen molar-refractivity contribution < 1.29 is 4.79 Å². The summed E-state index contributed by atoms with van der Waals surface area (Å²) >= 11 is 0. The Balaban J connectivity index is 1.32. The second-order valence-corrected chi connectivity index (χ2v) is 8.36. The molecule has 1 amide bonds. The Bertz CT molecular complexity index is 1500. The largest absolute Gasteiger partial charge is 0.346 e. The Morgan fingerprint density at radius 1 is 0.941 bits per heavy atom. The van der Waals surface area contributed by atoms with Crippen LogP contribution in [0.5, 0.6) is 0 Å². The molecule has 2 aromatic carbocycles. The Morgan fingerprint density at radius 2 is 1.74 bits per heavy atom. The summed E-state index contributed by atoms with van der Waals surface area (Å²) in [6.07, 6.45) is 6.74. The predicted molar refractivity (Wildman–Crippen MR) is 134 cm³/mol. The zero-order chi connectivity index (χ0) is 22.9. The SMILES string of the molecule is O=C(c1cc(-c2ccccc2)nn1-c1ccccc1)N1CC=C(c2c[nH]c3ncccc23)CC1. The van der Waals surface area contributed by atoms with Gasteiger partial charge in [-0.2, -0.15) is 5.10 Å². The molecule has 1 aliphatic rings. The van der Waals surface area contributed by atoms with Gasteiger partial charge in [-0.15, -0.1) is 0 Å². The van der Waals surface area contributed by atoms with Gasteiger partial charge in [-0.1, -0.05) is 54.6 Å². The molecule has 166 valence electrons. The Kier molecular flexibility index (Phi) is 5.03. The summed E-state index contributed by atoms with van der Waals surface area (Å²) in [5.74, 6) is -0.0190. The summed E-state index contributed by atoms with van der Waals surface area (Å²) in [5.41, 5.74) is 6.50. The summed E-state index contributed by atoms with van der Waals surface area (Å²) in [7, 11) is 0. The molecule has 0 saturated carbocycles. The van der Waals surface area contributed by atoms with E-state index in [1.165, 1.54) is 5.57 Å². The molecule has 0 aliphatic carbocycles. The minimum Gasteiger partial charge on any atom is -0.346 e. The molecule has 5 aromatic rings. The molecule has 0 fully saturated rings. The van der Waals surface area contributed by atoms with Crippen LogP contribution in [0.3, 0.4) is 0 Å². The van der Waals surface area contributed by atoms with Crippen molar-refractivity contribution in [2.45, 2.75) is 6.42 Å². The van der Waals surface area contributed by atoms with Crippen molar-refractivity contribution in [1.82, 2.24) is 24.6 Å². The van der Waals surface area contributed by atoms with Crippen LogP contribution in [0.2, 0.25) is 0 Å². The number of hydrogen-bond donors (Lipinski definition) is 1. The highest BCUT2D eigenvalue weighted by Gasteiger charge is 2.25. The zero-order valence-corrected chi connectivity index (χ0v) is 18.6. The fraction of sp³-hybridized carbons (Fsp3) is 0.107. The Labute approximate surface area is 197 Å². The monoisotopic (exact) mass is 445 g/mol. The first-order valence-corrected chi connectivity index (χ1v) is 11.4. The Hall–Kier alpha value is -4.45. The highest BCUT2D eigenvalue weighted by Crippen LogP contribution is 2.29. The van der Waals surface area contributed by atoms with Crippen molar-refractivity contribution >= 4 is 22.5 Å². The van der Waals surface area contributed by atoms with Crippen LogP contribution in [0.4, 0.5) is 0 Å². The number of fused-ring (bicyclic) bond motifs is 1. The van der Waals surface area contributed by atoms with Gasteiger partial charge in [0.05, 0.1) is 11.4 Å². The van der Waals surface area contributed by atoms with E-state index in [4.69, 9.17) is 5.10 Å². The Morgan fingerprint density at radius 3 is 2.50 bits per heavy atom. The van der Waals surface area contributed by atoms with Crippen molar-refractivity contribution in [3.63, 3.8) is 0 Å². The van der Waals surface area contributed by atoms with Crippen molar-refractivity contribution in [1.29, 1.82) is 0 Å². The first-order chi connectivity index (χ1) is 16.8. The first-order valence-electron chi connectivity index (χ1n) is 11.4. The number of H-pyrrole nitrogens is 1. The van der Waals surface area contributed by atoms with E-state index in [0.717, 1.165) is 40.0 Å². The first kappa shape index (κ1) is 20.2. The molecule has 0 radical (unpaired) electrons. The van der Waals surface area contributed by atoms with E-state index in [1.807, 2.05) is 83.9 Å². The number of aromatic amines is 1. The van der Waals surface area contributed by atoms with E-state index in [1.54, 1.807) is 10.9 Å². The van der Waals surface area contributed by atoms with Crippen LogP contribution in [0.25, 0.3) is 33.6 Å². The van der Waals surface area contributed by atoms with Crippen LogP contribution in [-0.2, 0) is 0 Å². The van der Waals surface area contributed by atoms with Gasteiger partial charge < -0.3 is 9.88 Å². The third-order valence-electron chi connectivity index (χ3n) is 6.29. The van der Waals surface area contributed by atoms with Crippen LogP contribution >= 0.6 is 0 Å². The number of nitrogens with one attached hydrogen (secondary N) is 1. The van der Waals surface area contributed by atoms with Gasteiger partial charge in [0.15, 0.2) is 0 Å². The molecule has 1 aliphatic heterocycles. The molecule has 6 rings (SSSR count). The third-order valence-corrected chi connectivity index (χ3v) is 6.29. The number of amides is 1. The average Bonchev–Trinajstić information content (AvgIpc) is 3.55. The van der Waals surface area contributed by atoms with Crippen LogP contribution in [0.1, 0.15) is 22.5 Å². The van der Waals surface area contributed by atoms with E-state index in [2.05, 4.69) is 22.1 Å². The van der Waals surface area contributed by atoms with E-state index >= 15 is 0 Å². The lowest BCUT2D eigenvalue weighted by atomic mass is 9.99. The summed E-state index contributed by atoms with van der Waals surface area (Å²) in [4.78, 5) is 23.2. The van der Waals surface area contributed by atoms with Gasteiger partial charge >= 0.3 is 0 Å². The number of aromatic nitrogens is 4. The molecule has 4 heterocycles. The fourth-order valence-corrected chi connectivity index (χ4v) is 4.53. The van der Waals surface area contributed by atoms with E-state index in [-0.39, 0.29) is 5.91 Å². The molecule has 34 heavy (non-hydrogen) atoms. The van der Waals surface area contributed by atoms with Crippen LogP contribution in [0.15, 0.2) is 97.3 Å². The normalized spacial score (nSPS) is 13.8. The molecular weight excluding hydrogens is 422 g/mol. The quantitative estimate of drug-likeness (QED) is 0.406. The molecule has 0 unspecified atom stereocenters. The van der Waals surface area contributed by atoms with Crippen molar-refractivity contribution in [2.75, 3.05) is 13.1 Å². The van der Waals surface area contributed by atoms with E-state index < -0.39 is 0 Å². The topological polar surface area (TPSA) is 66.8 Å². The molecule has 6 nitrogen and oxygen atoms in total. The minimum absolute atomic E-state index is 0.0190. The smallest absolute Gasteiger partial charge is 0.272 e. The lowest BCUT2D eigenvalue weighted by Crippen LogP contribution is -2.35. The number of carbonyl (C=O) groups excluding carboxylic acids is 1. The molecule has 0 saturated heterocycles. The number of benzene rings is 2. The highest BCUT2D eigenvalue weighted by molar-refractivity contribution is 5.96. The van der Waals surface area contributed by atoms with Crippen molar-refractivity contribution in [3.8, 4) is 16.9 Å². The number of para-hydroxylation sites is 1. The van der Waals surface area contributed by atoms with Gasteiger partial charge in [-0.25, -0.2) is 9.67 Å². The summed E-state index contributed by atoms with van der Waals surface area (Å²) in [5, 5.41) is 5.91. The minimum atomic E-state index is -0.0190. The third kappa shape index (κ3) is 3.59. The van der Waals surface area contributed by atoms with Gasteiger partial charge in [0, 0.05) is 42.0 Å². The molecule has 3 aromatic heterocycles. The van der Waals surface area contributed by atoms with Crippen LogP contribution in [-0.4, -0.2) is 43.6 Å². The second kappa shape index (κ2) is 8.48. The van der Waals surface area contributed by atoms with Gasteiger partial charge in [0.1, 0.15) is 11.3 Å². The number of pyridine rings is 1. The highest BCUT2D eigenvalue weighted by atomic mass is 16.2. The van der Waals surface area contributed by atoms with Gasteiger partial charge in [0.25, 0.3) is 5.91 Å². The lowest BCUT2D eigenvalue weighted by molar-refractivity contribution is 0.0764. The van der Waals surface area contributed by atoms with Gasteiger partial charge in [-0.3, -0.25) is 4.79 Å². The summed E-state index contributed by atoms with van der Waals surface area (Å²) in [6, 6.07) is 25.7. The number of nitrogens with zero attached hydrogens (tertiary/aromatic N) is 4. The summed E-state index contributed by atoms with van der Waals surface area (Å²) in [6.45, 7) is 1.21. The maximum atomic E-state index is 13.7. The average molecular weight is 446 g/mol. The summed E-state index contributed by atoms with van der Waals surface area (Å²) < 4.78 is 1.76. The van der Waals surface area contributed by atoms with Crippen LogP contribution in [0, 0.1) is 0 Å². The molecule has 0 spiro atoms. The lowest BCUT2D eigenvalue weighted by Gasteiger charge is -2.26. The second-order valence-electron chi connectivity index (χ2n) is 8.36. The standard InChI is InChI=1S/C28H23N5O/c34-28(32-16-13-20(14-17-32)24-19-30-27-23(24)12-7-15-29-27)26-18-25(21-8-3-1-4-9-21)31-33(26)22-10-5-2-6-11-22/h1-13,15,18-19H,14,16-17H2,(H,29,30). The maximum absolute atomic E-state index is 13.7. The number of carbonyl (C=O) groups is 1. The van der Waals surface area contributed by atoms with E-state index in [9.17, 15) is 4.79 Å². The van der Waals surface area contributed by atoms with Gasteiger partial charge in [0.2, 0.25) is 0 Å². The zero-order valence-electron chi connectivity index (χ0n) is 18.6. The number of hydrogen-bond acceptors (Lipinski definition) is 3. The van der Waals surface area contributed by atoms with E-state index in [0.29, 0.717) is 18.8 Å². The molecule has 0 atom stereocenters. The molecular formula is C28H23N5O. The van der Waals surface area contributed by atoms with Crippen molar-refractivity contribution in [3.05, 3.63) is 109 Å². The van der Waals surface area contributed by atoms with Crippen molar-refractivity contribution in [2.24, 2.45) is 0 Å². The molecule has 1 N–H and O–H groups in total.